The van der Waals surface area contributed by atoms with Gasteiger partial charge < -0.3 is 5.32 Å². The van der Waals surface area contributed by atoms with Crippen molar-refractivity contribution in [1.29, 1.82) is 0 Å². The van der Waals surface area contributed by atoms with Crippen molar-refractivity contribution in [3.63, 3.8) is 0 Å². The lowest BCUT2D eigenvalue weighted by molar-refractivity contribution is 0.0946. The molecule has 6 nitrogen and oxygen atoms in total. The topological polar surface area (TPSA) is 81.1 Å². The van der Waals surface area contributed by atoms with E-state index in [9.17, 15) is 17.6 Å². The van der Waals surface area contributed by atoms with Crippen LogP contribution in [0, 0.1) is 0 Å². The zero-order valence-corrected chi connectivity index (χ0v) is 20.7. The van der Waals surface area contributed by atoms with Crippen molar-refractivity contribution < 1.29 is 17.6 Å². The van der Waals surface area contributed by atoms with Crippen molar-refractivity contribution in [2.45, 2.75) is 5.75 Å². The van der Waals surface area contributed by atoms with Crippen LogP contribution < -0.4 is 5.32 Å². The molecule has 0 unspecified atom stereocenters. The molecule has 1 amide bonds. The van der Waals surface area contributed by atoms with E-state index in [0.29, 0.717) is 26.9 Å². The van der Waals surface area contributed by atoms with E-state index in [1.807, 2.05) is 36.4 Å². The number of hydrogen-bond acceptors (Lipinski definition) is 4. The van der Waals surface area contributed by atoms with Crippen LogP contribution in [-0.2, 0) is 16.5 Å². The molecule has 35 heavy (non-hydrogen) atoms. The minimum atomic E-state index is -2.76. The number of nitrogens with zero attached hydrogens (tertiary/aromatic N) is 2. The lowest BCUT2D eigenvalue weighted by Crippen LogP contribution is -2.25. The van der Waals surface area contributed by atoms with Crippen LogP contribution in [0.15, 0.2) is 72.9 Å². The van der Waals surface area contributed by atoms with E-state index in [4.69, 9.17) is 23.2 Å². The summed E-state index contributed by atoms with van der Waals surface area (Å²) >= 11 is 12.9. The fourth-order valence-corrected chi connectivity index (χ4v) is 4.81. The number of benzene rings is 3. The number of carbonyl (C=O) groups excluding carboxylic acids is 1. The van der Waals surface area contributed by atoms with E-state index in [1.54, 1.807) is 34.9 Å². The number of nitrogens with one attached hydrogen (secondary N) is 1. The van der Waals surface area contributed by atoms with Gasteiger partial charge in [-0.3, -0.25) is 9.36 Å². The maximum atomic E-state index is 12.6. The molecule has 180 valence electrons. The highest BCUT2D eigenvalue weighted by atomic mass is 35.5. The number of thiol groups is 1. The van der Waals surface area contributed by atoms with Gasteiger partial charge in [0, 0.05) is 12.7 Å². The van der Waals surface area contributed by atoms with Crippen molar-refractivity contribution in [3.05, 3.63) is 94.2 Å². The Morgan fingerprint density at radius 2 is 1.69 bits per heavy atom. The molecule has 0 spiro atoms. The average molecular weight is 532 g/mol. The second-order valence-electron chi connectivity index (χ2n) is 7.56. The van der Waals surface area contributed by atoms with Crippen LogP contribution in [0.3, 0.4) is 0 Å². The first-order chi connectivity index (χ1) is 16.9. The molecule has 4 rings (SSSR count). The van der Waals surface area contributed by atoms with Crippen molar-refractivity contribution in [1.82, 2.24) is 14.9 Å². The van der Waals surface area contributed by atoms with Gasteiger partial charge in [-0.2, -0.15) is 0 Å². The highest BCUT2D eigenvalue weighted by molar-refractivity contribution is 7.71. The zero-order valence-electron chi connectivity index (χ0n) is 18.2. The normalized spacial score (nSPS) is 11.1. The van der Waals surface area contributed by atoms with Crippen molar-refractivity contribution in [2.24, 2.45) is 0 Å². The number of amides is 1. The first-order valence-corrected chi connectivity index (χ1v) is 12.7. The van der Waals surface area contributed by atoms with Gasteiger partial charge >= 0.3 is 0 Å². The summed E-state index contributed by atoms with van der Waals surface area (Å²) in [5, 5.41) is 3.05. The minimum Gasteiger partial charge on any atom is -0.348 e. The lowest BCUT2D eigenvalue weighted by atomic mass is 10.0. The van der Waals surface area contributed by atoms with Crippen molar-refractivity contribution in [3.8, 4) is 28.2 Å². The van der Waals surface area contributed by atoms with E-state index in [2.05, 4.69) is 10.3 Å². The van der Waals surface area contributed by atoms with Crippen LogP contribution in [0.5, 0.6) is 0 Å². The largest absolute Gasteiger partial charge is 0.348 e. The first-order valence-electron chi connectivity index (χ1n) is 10.6. The van der Waals surface area contributed by atoms with Crippen LogP contribution in [0.2, 0.25) is 10.0 Å². The van der Waals surface area contributed by atoms with Gasteiger partial charge in [0.2, 0.25) is 0 Å². The van der Waals surface area contributed by atoms with Crippen LogP contribution in [0.4, 0.5) is 4.39 Å². The first kappa shape index (κ1) is 24.9. The molecule has 4 aromatic rings. The standard InChI is InChI=1S/C25H20Cl2FN3O3S/c26-19-7-4-8-20(27)23(19)24-30-21(25(32)29-12-11-28)14-31(24)22-10-9-17(13-18(22)15-35(33)34)16-5-2-1-3-6-16/h1-10,13-14,35H,11-12,15H2,(H,29,32). The summed E-state index contributed by atoms with van der Waals surface area (Å²) in [6.07, 6.45) is 1.46. The van der Waals surface area contributed by atoms with Crippen molar-refractivity contribution in [2.75, 3.05) is 13.2 Å². The van der Waals surface area contributed by atoms with E-state index >= 15 is 0 Å². The lowest BCUT2D eigenvalue weighted by Gasteiger charge is -2.15. The van der Waals surface area contributed by atoms with E-state index in [-0.39, 0.29) is 23.8 Å². The minimum absolute atomic E-state index is 0.00836. The summed E-state index contributed by atoms with van der Waals surface area (Å²) in [6, 6.07) is 19.9. The van der Waals surface area contributed by atoms with E-state index < -0.39 is 23.3 Å². The molecule has 0 bridgehead atoms. The number of carbonyl (C=O) groups is 1. The Labute approximate surface area is 213 Å². The Kier molecular flexibility index (Phi) is 7.85. The Bertz CT molecular complexity index is 1430. The van der Waals surface area contributed by atoms with Gasteiger partial charge in [0.15, 0.2) is 0 Å². The SMILES string of the molecule is O=C(NCCF)c1cn(-c2ccc(-c3ccccc3)cc2C[SH](=O)=O)c(-c2c(Cl)cccc2Cl)n1. The quantitative estimate of drug-likeness (QED) is 0.301. The van der Waals surface area contributed by atoms with Gasteiger partial charge in [-0.1, -0.05) is 65.7 Å². The number of halogens is 3. The molecule has 1 aromatic heterocycles. The van der Waals surface area contributed by atoms with E-state index in [1.165, 1.54) is 6.20 Å². The highest BCUT2D eigenvalue weighted by Crippen LogP contribution is 2.36. The number of alkyl halides is 1. The Balaban J connectivity index is 1.94. The summed E-state index contributed by atoms with van der Waals surface area (Å²) in [4.78, 5) is 17.0. The summed E-state index contributed by atoms with van der Waals surface area (Å²) in [6.45, 7) is -0.890. The molecular weight excluding hydrogens is 512 g/mol. The van der Waals surface area contributed by atoms with Gasteiger partial charge in [0.1, 0.15) is 28.9 Å². The van der Waals surface area contributed by atoms with E-state index in [0.717, 1.165) is 11.1 Å². The predicted molar refractivity (Wildman–Crippen MR) is 137 cm³/mol. The van der Waals surface area contributed by atoms with Gasteiger partial charge in [-0.15, -0.1) is 0 Å². The maximum absolute atomic E-state index is 12.6. The predicted octanol–water partition coefficient (Wildman–Crippen LogP) is 5.32. The Hall–Kier alpha value is -3.20. The number of aromatic nitrogens is 2. The molecule has 3 aromatic carbocycles. The molecule has 10 heteroatoms. The summed E-state index contributed by atoms with van der Waals surface area (Å²) < 4.78 is 37.7. The Morgan fingerprint density at radius 1 is 0.971 bits per heavy atom. The van der Waals surface area contributed by atoms with Gasteiger partial charge in [-0.05, 0) is 41.0 Å². The fraction of sp³-hybridized carbons (Fsp3) is 0.120. The van der Waals surface area contributed by atoms with Crippen LogP contribution >= 0.6 is 23.2 Å². The number of hydrogen-bond donors (Lipinski definition) is 2. The summed E-state index contributed by atoms with van der Waals surface area (Å²) in [7, 11) is -2.76. The molecule has 0 saturated carbocycles. The second-order valence-corrected chi connectivity index (χ2v) is 9.36. The molecule has 0 radical (unpaired) electrons. The molecule has 0 aliphatic carbocycles. The third kappa shape index (κ3) is 5.56. The molecule has 0 aliphatic rings. The van der Waals surface area contributed by atoms with Gasteiger partial charge in [0.05, 0.1) is 27.0 Å². The average Bonchev–Trinajstić information content (AvgIpc) is 3.27. The van der Waals surface area contributed by atoms with Gasteiger partial charge in [0.25, 0.3) is 5.91 Å². The third-order valence-electron chi connectivity index (χ3n) is 5.25. The monoisotopic (exact) mass is 531 g/mol. The van der Waals surface area contributed by atoms with Gasteiger partial charge in [-0.25, -0.2) is 17.8 Å². The van der Waals surface area contributed by atoms with Crippen LogP contribution in [-0.4, -0.2) is 37.1 Å². The zero-order chi connectivity index (χ0) is 24.9. The van der Waals surface area contributed by atoms with Crippen LogP contribution in [0.25, 0.3) is 28.2 Å². The molecule has 1 heterocycles. The Morgan fingerprint density at radius 3 is 2.34 bits per heavy atom. The smallest absolute Gasteiger partial charge is 0.271 e. The molecule has 0 fully saturated rings. The number of imidazole rings is 1. The fourth-order valence-electron chi connectivity index (χ4n) is 3.71. The molecule has 0 aliphatic heterocycles. The maximum Gasteiger partial charge on any atom is 0.271 e. The van der Waals surface area contributed by atoms with Crippen LogP contribution in [0.1, 0.15) is 16.1 Å². The highest BCUT2D eigenvalue weighted by Gasteiger charge is 2.22. The molecule has 1 N–H and O–H groups in total. The van der Waals surface area contributed by atoms with Crippen molar-refractivity contribution >= 4 is 39.8 Å². The molecule has 0 atom stereocenters. The summed E-state index contributed by atoms with van der Waals surface area (Å²) in [5.41, 5.74) is 3.14. The number of rotatable bonds is 8. The third-order valence-corrected chi connectivity index (χ3v) is 6.48. The molecule has 0 saturated heterocycles. The second kappa shape index (κ2) is 11.0. The summed E-state index contributed by atoms with van der Waals surface area (Å²) in [5.74, 6) is -0.563. The molecular formula is C25H20Cl2FN3O3S.